The number of piperazine rings is 1. The molecule has 0 radical (unpaired) electrons. The molecule has 17 heavy (non-hydrogen) atoms. The fourth-order valence-electron chi connectivity index (χ4n) is 2.85. The van der Waals surface area contributed by atoms with E-state index in [2.05, 4.69) is 41.0 Å². The number of carbonyl (C=O) groups is 1. The molecule has 0 aliphatic carbocycles. The number of rotatable bonds is 1. The quantitative estimate of drug-likeness (QED) is 0.734. The molecule has 3 heteroatoms. The first-order valence-corrected chi connectivity index (χ1v) is 6.35. The third-order valence-electron chi connectivity index (χ3n) is 3.89. The average molecular weight is 230 g/mol. The van der Waals surface area contributed by atoms with Gasteiger partial charge in [0.1, 0.15) is 0 Å². The Bertz CT molecular complexity index is 426. The lowest BCUT2D eigenvalue weighted by molar-refractivity contribution is -0.129. The lowest BCUT2D eigenvalue weighted by Gasteiger charge is -2.38. The second kappa shape index (κ2) is 4.06. The van der Waals surface area contributed by atoms with Crippen LogP contribution >= 0.6 is 0 Å². The minimum absolute atomic E-state index is 0.346. The third-order valence-corrected chi connectivity index (χ3v) is 3.89. The molecule has 0 unspecified atom stereocenters. The van der Waals surface area contributed by atoms with Gasteiger partial charge in [-0.05, 0) is 25.5 Å². The molecule has 2 heterocycles. The highest BCUT2D eigenvalue weighted by Gasteiger charge is 2.35. The van der Waals surface area contributed by atoms with Crippen LogP contribution in [-0.2, 0) is 4.79 Å². The van der Waals surface area contributed by atoms with E-state index in [4.69, 9.17) is 0 Å². The van der Waals surface area contributed by atoms with E-state index < -0.39 is 0 Å². The highest BCUT2D eigenvalue weighted by Crippen LogP contribution is 2.26. The topological polar surface area (TPSA) is 23.6 Å². The predicted octanol–water partition coefficient (Wildman–Crippen LogP) is 1.81. The Morgan fingerprint density at radius 3 is 2.71 bits per heavy atom. The molecule has 0 N–H and O–H groups in total. The number of nitrogens with zero attached hydrogens (tertiary/aromatic N) is 2. The Hall–Kier alpha value is -1.51. The minimum atomic E-state index is 0.346. The van der Waals surface area contributed by atoms with Crippen molar-refractivity contribution in [3.8, 4) is 0 Å². The second-order valence-electron chi connectivity index (χ2n) is 5.06. The molecule has 1 aromatic carbocycles. The standard InChI is InChI=1S/C14H18N2O/c1-11-2-4-12(5-3-11)15-8-9-16-13(10-15)6-7-14(16)17/h2-5,13H,6-10H2,1H3/t13-/m0/s1. The van der Waals surface area contributed by atoms with Crippen molar-refractivity contribution < 1.29 is 4.79 Å². The van der Waals surface area contributed by atoms with Gasteiger partial charge in [-0.3, -0.25) is 4.79 Å². The van der Waals surface area contributed by atoms with Crippen LogP contribution in [0.1, 0.15) is 18.4 Å². The third kappa shape index (κ3) is 1.90. The first-order valence-electron chi connectivity index (χ1n) is 6.35. The average Bonchev–Trinajstić information content (AvgIpc) is 2.72. The van der Waals surface area contributed by atoms with Gasteiger partial charge in [0.2, 0.25) is 5.91 Å². The molecule has 1 amide bonds. The van der Waals surface area contributed by atoms with Gasteiger partial charge in [0.15, 0.2) is 0 Å². The Morgan fingerprint density at radius 2 is 1.94 bits per heavy atom. The predicted molar refractivity (Wildman–Crippen MR) is 68.1 cm³/mol. The lowest BCUT2D eigenvalue weighted by atomic mass is 10.1. The molecule has 90 valence electrons. The molecule has 2 aliphatic rings. The van der Waals surface area contributed by atoms with Crippen LogP contribution in [0, 0.1) is 6.92 Å². The molecule has 0 bridgehead atoms. The largest absolute Gasteiger partial charge is 0.368 e. The Kier molecular flexibility index (Phi) is 2.54. The maximum atomic E-state index is 11.6. The van der Waals surface area contributed by atoms with Gasteiger partial charge in [0.05, 0.1) is 0 Å². The maximum Gasteiger partial charge on any atom is 0.223 e. The van der Waals surface area contributed by atoms with Gasteiger partial charge in [0, 0.05) is 37.8 Å². The smallest absolute Gasteiger partial charge is 0.223 e. The number of benzene rings is 1. The van der Waals surface area contributed by atoms with E-state index in [0.29, 0.717) is 11.9 Å². The van der Waals surface area contributed by atoms with Gasteiger partial charge in [-0.1, -0.05) is 17.7 Å². The van der Waals surface area contributed by atoms with E-state index >= 15 is 0 Å². The molecule has 3 nitrogen and oxygen atoms in total. The van der Waals surface area contributed by atoms with E-state index in [0.717, 1.165) is 32.5 Å². The van der Waals surface area contributed by atoms with Gasteiger partial charge < -0.3 is 9.80 Å². The van der Waals surface area contributed by atoms with Crippen molar-refractivity contribution in [3.63, 3.8) is 0 Å². The van der Waals surface area contributed by atoms with Gasteiger partial charge in [-0.2, -0.15) is 0 Å². The summed E-state index contributed by atoms with van der Waals surface area (Å²) in [5.41, 5.74) is 2.58. The molecule has 1 atom stereocenters. The monoisotopic (exact) mass is 230 g/mol. The van der Waals surface area contributed by atoms with Crippen molar-refractivity contribution in [2.45, 2.75) is 25.8 Å². The summed E-state index contributed by atoms with van der Waals surface area (Å²) in [7, 11) is 0. The molecular weight excluding hydrogens is 212 g/mol. The molecule has 0 saturated carbocycles. The highest BCUT2D eigenvalue weighted by atomic mass is 16.2. The Balaban J connectivity index is 1.75. The second-order valence-corrected chi connectivity index (χ2v) is 5.06. The maximum absolute atomic E-state index is 11.6. The fourth-order valence-corrected chi connectivity index (χ4v) is 2.85. The van der Waals surface area contributed by atoms with Crippen molar-refractivity contribution in [3.05, 3.63) is 29.8 Å². The number of anilines is 1. The van der Waals surface area contributed by atoms with E-state index in [1.54, 1.807) is 0 Å². The normalized spacial score (nSPS) is 24.1. The molecule has 0 spiro atoms. The molecule has 2 aliphatic heterocycles. The summed E-state index contributed by atoms with van der Waals surface area (Å²) >= 11 is 0. The molecule has 2 fully saturated rings. The SMILES string of the molecule is Cc1ccc(N2CCN3C(=O)CC[C@H]3C2)cc1. The van der Waals surface area contributed by atoms with Crippen molar-refractivity contribution >= 4 is 11.6 Å². The van der Waals surface area contributed by atoms with Crippen LogP contribution < -0.4 is 4.90 Å². The van der Waals surface area contributed by atoms with Crippen LogP contribution in [0.2, 0.25) is 0 Å². The van der Waals surface area contributed by atoms with Crippen LogP contribution in [0.15, 0.2) is 24.3 Å². The zero-order valence-electron chi connectivity index (χ0n) is 10.2. The van der Waals surface area contributed by atoms with Crippen molar-refractivity contribution in [1.82, 2.24) is 4.90 Å². The number of carbonyl (C=O) groups excluding carboxylic acids is 1. The zero-order chi connectivity index (χ0) is 11.8. The summed E-state index contributed by atoms with van der Waals surface area (Å²) in [4.78, 5) is 16.1. The van der Waals surface area contributed by atoms with Gasteiger partial charge in [-0.25, -0.2) is 0 Å². The number of hydrogen-bond donors (Lipinski definition) is 0. The summed E-state index contributed by atoms with van der Waals surface area (Å²) in [6, 6.07) is 9.12. The zero-order valence-corrected chi connectivity index (χ0v) is 10.2. The number of aryl methyl sites for hydroxylation is 1. The highest BCUT2D eigenvalue weighted by molar-refractivity contribution is 5.79. The molecule has 2 saturated heterocycles. The molecule has 3 rings (SSSR count). The summed E-state index contributed by atoms with van der Waals surface area (Å²) < 4.78 is 0. The fraction of sp³-hybridized carbons (Fsp3) is 0.500. The van der Waals surface area contributed by atoms with Crippen LogP contribution in [0.4, 0.5) is 5.69 Å². The first kappa shape index (κ1) is 10.6. The minimum Gasteiger partial charge on any atom is -0.368 e. The van der Waals surface area contributed by atoms with Gasteiger partial charge >= 0.3 is 0 Å². The summed E-state index contributed by atoms with van der Waals surface area (Å²) in [5.74, 6) is 0.346. The number of hydrogen-bond acceptors (Lipinski definition) is 2. The summed E-state index contributed by atoms with van der Waals surface area (Å²) in [5, 5.41) is 0. The molecular formula is C14H18N2O. The summed E-state index contributed by atoms with van der Waals surface area (Å²) in [6.45, 7) is 4.95. The molecule has 0 aromatic heterocycles. The summed E-state index contributed by atoms with van der Waals surface area (Å²) in [6.07, 6.45) is 1.77. The van der Waals surface area contributed by atoms with Crippen molar-refractivity contribution in [2.24, 2.45) is 0 Å². The van der Waals surface area contributed by atoms with Crippen LogP contribution in [-0.4, -0.2) is 36.5 Å². The van der Waals surface area contributed by atoms with Crippen LogP contribution in [0.25, 0.3) is 0 Å². The van der Waals surface area contributed by atoms with Crippen LogP contribution in [0.3, 0.4) is 0 Å². The van der Waals surface area contributed by atoms with E-state index in [9.17, 15) is 4.79 Å². The Labute approximate surface area is 102 Å². The van der Waals surface area contributed by atoms with Crippen LogP contribution in [0.5, 0.6) is 0 Å². The van der Waals surface area contributed by atoms with E-state index in [-0.39, 0.29) is 0 Å². The van der Waals surface area contributed by atoms with Crippen molar-refractivity contribution in [1.29, 1.82) is 0 Å². The van der Waals surface area contributed by atoms with E-state index in [1.165, 1.54) is 11.3 Å². The van der Waals surface area contributed by atoms with Crippen molar-refractivity contribution in [2.75, 3.05) is 24.5 Å². The molecule has 1 aromatic rings. The number of fused-ring (bicyclic) bond motifs is 1. The lowest BCUT2D eigenvalue weighted by Crippen LogP contribution is -2.51. The van der Waals surface area contributed by atoms with Gasteiger partial charge in [-0.15, -0.1) is 0 Å². The number of amides is 1. The van der Waals surface area contributed by atoms with Gasteiger partial charge in [0.25, 0.3) is 0 Å². The first-order chi connectivity index (χ1) is 8.24. The van der Waals surface area contributed by atoms with E-state index in [1.807, 2.05) is 0 Å². The Morgan fingerprint density at radius 1 is 1.18 bits per heavy atom.